The first kappa shape index (κ1) is 16.3. The van der Waals surface area contributed by atoms with Gasteiger partial charge in [-0.25, -0.2) is 0 Å². The fourth-order valence-corrected chi connectivity index (χ4v) is 3.22. The molecule has 118 valence electrons. The molecular weight excluding hydrogens is 260 g/mol. The van der Waals surface area contributed by atoms with Gasteiger partial charge in [0.2, 0.25) is 0 Å². The van der Waals surface area contributed by atoms with Crippen LogP contribution < -0.4 is 10.1 Å². The van der Waals surface area contributed by atoms with Crippen molar-refractivity contribution in [2.24, 2.45) is 5.41 Å². The summed E-state index contributed by atoms with van der Waals surface area (Å²) in [5.41, 5.74) is 3.09. The molecule has 1 aliphatic rings. The first-order valence-electron chi connectivity index (χ1n) is 8.08. The van der Waals surface area contributed by atoms with Crippen LogP contribution >= 0.6 is 0 Å². The normalized spacial score (nSPS) is 19.7. The van der Waals surface area contributed by atoms with Gasteiger partial charge in [0.1, 0.15) is 5.75 Å². The van der Waals surface area contributed by atoms with E-state index >= 15 is 0 Å². The van der Waals surface area contributed by atoms with Gasteiger partial charge in [-0.3, -0.25) is 4.90 Å². The average molecular weight is 290 g/mol. The van der Waals surface area contributed by atoms with Crippen molar-refractivity contribution in [3.8, 4) is 5.75 Å². The van der Waals surface area contributed by atoms with Gasteiger partial charge in [-0.1, -0.05) is 26.8 Å². The molecule has 3 heteroatoms. The Bertz CT molecular complexity index is 470. The molecule has 1 N–H and O–H groups in total. The van der Waals surface area contributed by atoms with Crippen LogP contribution in [0.5, 0.6) is 5.75 Å². The number of nitrogens with one attached hydrogen (secondary N) is 1. The Labute approximate surface area is 129 Å². The predicted octanol–water partition coefficient (Wildman–Crippen LogP) is 3.60. The number of hydrogen-bond acceptors (Lipinski definition) is 3. The van der Waals surface area contributed by atoms with Crippen LogP contribution in [0, 0.1) is 5.41 Å². The molecule has 0 amide bonds. The van der Waals surface area contributed by atoms with E-state index in [9.17, 15) is 0 Å². The van der Waals surface area contributed by atoms with E-state index in [2.05, 4.69) is 56.1 Å². The fourth-order valence-electron chi connectivity index (χ4n) is 3.22. The molecule has 1 aromatic rings. The summed E-state index contributed by atoms with van der Waals surface area (Å²) in [5, 5.41) is 3.48. The second-order valence-electron chi connectivity index (χ2n) is 6.98. The van der Waals surface area contributed by atoms with Gasteiger partial charge < -0.3 is 10.1 Å². The monoisotopic (exact) mass is 290 g/mol. The van der Waals surface area contributed by atoms with Crippen molar-refractivity contribution in [2.75, 3.05) is 26.7 Å². The third-order valence-electron chi connectivity index (χ3n) is 4.47. The molecule has 0 aliphatic carbocycles. The van der Waals surface area contributed by atoms with E-state index in [1.165, 1.54) is 30.6 Å². The number of likely N-dealkylation sites (tertiary alicyclic amines) is 1. The summed E-state index contributed by atoms with van der Waals surface area (Å²) in [6.45, 7) is 13.4. The van der Waals surface area contributed by atoms with Gasteiger partial charge >= 0.3 is 0 Å². The van der Waals surface area contributed by atoms with E-state index in [1.807, 2.05) is 0 Å². The van der Waals surface area contributed by atoms with Gasteiger partial charge in [-0.2, -0.15) is 0 Å². The molecule has 1 aromatic carbocycles. The number of benzene rings is 1. The highest BCUT2D eigenvalue weighted by atomic mass is 16.5. The molecule has 1 saturated heterocycles. The van der Waals surface area contributed by atoms with Crippen LogP contribution in [0.1, 0.15) is 51.3 Å². The Balaban J connectivity index is 2.14. The smallest absolute Gasteiger partial charge is 0.123 e. The van der Waals surface area contributed by atoms with Crippen molar-refractivity contribution in [1.29, 1.82) is 0 Å². The zero-order chi connectivity index (χ0) is 15.5. The lowest BCUT2D eigenvalue weighted by Crippen LogP contribution is -2.23. The maximum Gasteiger partial charge on any atom is 0.123 e. The van der Waals surface area contributed by atoms with Crippen LogP contribution in [0.25, 0.3) is 0 Å². The molecule has 3 nitrogen and oxygen atoms in total. The standard InChI is InChI=1S/C18H30N2O/c1-6-19-14(2)15-7-8-17(21-5)16(11-15)12-20-10-9-18(3,4)13-20/h7-8,11,14,19H,6,9-10,12-13H2,1-5H3. The highest BCUT2D eigenvalue weighted by Crippen LogP contribution is 2.32. The van der Waals surface area contributed by atoms with Crippen molar-refractivity contribution in [3.05, 3.63) is 29.3 Å². The van der Waals surface area contributed by atoms with Crippen LogP contribution in [0.2, 0.25) is 0 Å². The first-order chi connectivity index (χ1) is 9.95. The number of nitrogens with zero attached hydrogens (tertiary/aromatic N) is 1. The van der Waals surface area contributed by atoms with E-state index in [0.717, 1.165) is 18.8 Å². The Hall–Kier alpha value is -1.06. The topological polar surface area (TPSA) is 24.5 Å². The summed E-state index contributed by atoms with van der Waals surface area (Å²) < 4.78 is 5.56. The summed E-state index contributed by atoms with van der Waals surface area (Å²) >= 11 is 0. The number of rotatable bonds is 6. The lowest BCUT2D eigenvalue weighted by atomic mass is 9.93. The maximum atomic E-state index is 5.56. The average Bonchev–Trinajstić information content (AvgIpc) is 2.78. The van der Waals surface area contributed by atoms with Crippen LogP contribution in [0.15, 0.2) is 18.2 Å². The first-order valence-corrected chi connectivity index (χ1v) is 8.08. The molecule has 1 unspecified atom stereocenters. The minimum Gasteiger partial charge on any atom is -0.496 e. The second kappa shape index (κ2) is 6.80. The van der Waals surface area contributed by atoms with E-state index in [0.29, 0.717) is 11.5 Å². The van der Waals surface area contributed by atoms with E-state index in [-0.39, 0.29) is 0 Å². The Morgan fingerprint density at radius 3 is 2.71 bits per heavy atom. The van der Waals surface area contributed by atoms with Crippen molar-refractivity contribution in [1.82, 2.24) is 10.2 Å². The third kappa shape index (κ3) is 4.21. The minimum absolute atomic E-state index is 0.384. The van der Waals surface area contributed by atoms with Crippen LogP contribution in [0.4, 0.5) is 0 Å². The number of hydrogen-bond donors (Lipinski definition) is 1. The lowest BCUT2D eigenvalue weighted by molar-refractivity contribution is 0.279. The summed E-state index contributed by atoms with van der Waals surface area (Å²) in [6, 6.07) is 6.97. The molecule has 1 atom stereocenters. The van der Waals surface area contributed by atoms with Crippen LogP contribution in [0.3, 0.4) is 0 Å². The molecule has 0 aromatic heterocycles. The number of methoxy groups -OCH3 is 1. The summed E-state index contributed by atoms with van der Waals surface area (Å²) in [7, 11) is 1.76. The number of ether oxygens (including phenoxy) is 1. The molecule has 0 spiro atoms. The van der Waals surface area contributed by atoms with Gasteiger partial charge in [0.05, 0.1) is 7.11 Å². The summed E-state index contributed by atoms with van der Waals surface area (Å²) in [4.78, 5) is 2.54. The molecule has 0 bridgehead atoms. The molecule has 21 heavy (non-hydrogen) atoms. The van der Waals surface area contributed by atoms with Crippen molar-refractivity contribution < 1.29 is 4.74 Å². The molecule has 1 fully saturated rings. The van der Waals surface area contributed by atoms with Gasteiger partial charge in [0.15, 0.2) is 0 Å². The largest absolute Gasteiger partial charge is 0.496 e. The highest BCUT2D eigenvalue weighted by molar-refractivity contribution is 5.38. The molecule has 0 radical (unpaired) electrons. The maximum absolute atomic E-state index is 5.56. The minimum atomic E-state index is 0.384. The Morgan fingerprint density at radius 2 is 2.14 bits per heavy atom. The zero-order valence-corrected chi connectivity index (χ0v) is 14.2. The van der Waals surface area contributed by atoms with Gasteiger partial charge in [-0.05, 0) is 49.5 Å². The van der Waals surface area contributed by atoms with Gasteiger partial charge in [0.25, 0.3) is 0 Å². The Morgan fingerprint density at radius 1 is 1.38 bits per heavy atom. The molecular formula is C18H30N2O. The van der Waals surface area contributed by atoms with Crippen LogP contribution in [-0.2, 0) is 6.54 Å². The summed E-state index contributed by atoms with van der Waals surface area (Å²) in [6.07, 6.45) is 1.28. The summed E-state index contributed by atoms with van der Waals surface area (Å²) in [5.74, 6) is 1.01. The van der Waals surface area contributed by atoms with E-state index in [1.54, 1.807) is 7.11 Å². The third-order valence-corrected chi connectivity index (χ3v) is 4.47. The Kier molecular flexibility index (Phi) is 5.28. The van der Waals surface area contributed by atoms with E-state index in [4.69, 9.17) is 4.74 Å². The van der Waals surface area contributed by atoms with Crippen LogP contribution in [-0.4, -0.2) is 31.6 Å². The molecule has 1 aliphatic heterocycles. The van der Waals surface area contributed by atoms with Crippen molar-refractivity contribution >= 4 is 0 Å². The molecule has 0 saturated carbocycles. The quantitative estimate of drug-likeness (QED) is 0.866. The fraction of sp³-hybridized carbons (Fsp3) is 0.667. The van der Waals surface area contributed by atoms with Crippen molar-refractivity contribution in [2.45, 2.75) is 46.7 Å². The van der Waals surface area contributed by atoms with Crippen molar-refractivity contribution in [3.63, 3.8) is 0 Å². The van der Waals surface area contributed by atoms with E-state index < -0.39 is 0 Å². The predicted molar refractivity (Wildman–Crippen MR) is 88.8 cm³/mol. The highest BCUT2D eigenvalue weighted by Gasteiger charge is 2.29. The molecule has 1 heterocycles. The second-order valence-corrected chi connectivity index (χ2v) is 6.98. The van der Waals surface area contributed by atoms with Gasteiger partial charge in [0, 0.05) is 24.7 Å². The SMILES string of the molecule is CCNC(C)c1ccc(OC)c(CN2CCC(C)(C)C2)c1. The lowest BCUT2D eigenvalue weighted by Gasteiger charge is -2.22. The van der Waals surface area contributed by atoms with Gasteiger partial charge in [-0.15, -0.1) is 0 Å². The zero-order valence-electron chi connectivity index (χ0n) is 14.2. The molecule has 2 rings (SSSR count).